The molecule has 8 heteroatoms. The fourth-order valence-electron chi connectivity index (χ4n) is 3.01. The minimum Gasteiger partial charge on any atom is -0.386 e. The standard InChI is InChI=1S/C17H17F2N3O3/c1-21-8-10(7-20-21)4-11-5-16(24)22(17(11)25)9-15(23)13-3-2-12(18)6-14(13)19/h2-3,6-8,11,15,23H,4-5,9H2,1H3/t11-,15-/m1/s1. The van der Waals surface area contributed by atoms with Crippen molar-refractivity contribution in [3.05, 3.63) is 53.4 Å². The van der Waals surface area contributed by atoms with E-state index in [1.54, 1.807) is 24.1 Å². The van der Waals surface area contributed by atoms with Gasteiger partial charge in [-0.25, -0.2) is 8.78 Å². The van der Waals surface area contributed by atoms with Gasteiger partial charge < -0.3 is 5.11 Å². The van der Waals surface area contributed by atoms with Gasteiger partial charge in [0.15, 0.2) is 0 Å². The Hall–Kier alpha value is -2.61. The number of rotatable bonds is 5. The lowest BCUT2D eigenvalue weighted by molar-refractivity contribution is -0.141. The molecular weight excluding hydrogens is 332 g/mol. The molecule has 0 spiro atoms. The molecule has 2 heterocycles. The summed E-state index contributed by atoms with van der Waals surface area (Å²) in [5.74, 6) is -3.03. The van der Waals surface area contributed by atoms with Crippen molar-refractivity contribution < 1.29 is 23.5 Å². The summed E-state index contributed by atoms with van der Waals surface area (Å²) >= 11 is 0. The highest BCUT2D eigenvalue weighted by Crippen LogP contribution is 2.27. The fourth-order valence-corrected chi connectivity index (χ4v) is 3.01. The molecule has 1 aliphatic heterocycles. The van der Waals surface area contributed by atoms with E-state index in [4.69, 9.17) is 0 Å². The quantitative estimate of drug-likeness (QED) is 0.827. The zero-order valence-corrected chi connectivity index (χ0v) is 13.5. The van der Waals surface area contributed by atoms with Crippen LogP contribution in [-0.4, -0.2) is 38.1 Å². The van der Waals surface area contributed by atoms with Gasteiger partial charge in [0, 0.05) is 31.3 Å². The Morgan fingerprint density at radius 3 is 2.76 bits per heavy atom. The molecule has 25 heavy (non-hydrogen) atoms. The summed E-state index contributed by atoms with van der Waals surface area (Å²) in [6, 6.07) is 2.77. The van der Waals surface area contributed by atoms with Crippen LogP contribution in [0.4, 0.5) is 8.78 Å². The van der Waals surface area contributed by atoms with Crippen LogP contribution in [-0.2, 0) is 23.1 Å². The third-order valence-corrected chi connectivity index (χ3v) is 4.25. The van der Waals surface area contributed by atoms with Crippen molar-refractivity contribution in [1.29, 1.82) is 0 Å². The molecule has 1 aliphatic rings. The van der Waals surface area contributed by atoms with Crippen LogP contribution in [0.5, 0.6) is 0 Å². The molecule has 1 fully saturated rings. The largest absolute Gasteiger partial charge is 0.386 e. The summed E-state index contributed by atoms with van der Waals surface area (Å²) in [5, 5.41) is 14.2. The number of benzene rings is 1. The van der Waals surface area contributed by atoms with Crippen molar-refractivity contribution in [2.45, 2.75) is 18.9 Å². The number of nitrogens with zero attached hydrogens (tertiary/aromatic N) is 3. The van der Waals surface area contributed by atoms with Crippen molar-refractivity contribution >= 4 is 11.8 Å². The SMILES string of the molecule is Cn1cc(C[C@@H]2CC(=O)N(C[C@@H](O)c3ccc(F)cc3F)C2=O)cn1. The highest BCUT2D eigenvalue weighted by atomic mass is 19.1. The van der Waals surface area contributed by atoms with Crippen molar-refractivity contribution in [3.63, 3.8) is 0 Å². The van der Waals surface area contributed by atoms with Gasteiger partial charge in [-0.2, -0.15) is 5.10 Å². The predicted molar refractivity (Wildman–Crippen MR) is 83.1 cm³/mol. The van der Waals surface area contributed by atoms with Crippen LogP contribution in [0, 0.1) is 17.6 Å². The molecule has 0 unspecified atom stereocenters. The van der Waals surface area contributed by atoms with Gasteiger partial charge in [-0.1, -0.05) is 6.07 Å². The number of carbonyl (C=O) groups is 2. The van der Waals surface area contributed by atoms with Gasteiger partial charge in [0.1, 0.15) is 11.6 Å². The molecule has 0 radical (unpaired) electrons. The van der Waals surface area contributed by atoms with E-state index in [1.165, 1.54) is 0 Å². The molecule has 2 atom stereocenters. The second-order valence-electron chi connectivity index (χ2n) is 6.15. The van der Waals surface area contributed by atoms with E-state index in [1.807, 2.05) is 0 Å². The van der Waals surface area contributed by atoms with E-state index in [0.29, 0.717) is 12.5 Å². The summed E-state index contributed by atoms with van der Waals surface area (Å²) in [6.45, 7) is -0.357. The zero-order chi connectivity index (χ0) is 18.1. The van der Waals surface area contributed by atoms with Crippen LogP contribution in [0.15, 0.2) is 30.6 Å². The summed E-state index contributed by atoms with van der Waals surface area (Å²) < 4.78 is 28.3. The minimum absolute atomic E-state index is 0.0341. The molecule has 1 aromatic carbocycles. The van der Waals surface area contributed by atoms with Crippen molar-refractivity contribution in [3.8, 4) is 0 Å². The Morgan fingerprint density at radius 2 is 2.12 bits per heavy atom. The van der Waals surface area contributed by atoms with Crippen LogP contribution in [0.1, 0.15) is 23.7 Å². The van der Waals surface area contributed by atoms with Crippen LogP contribution < -0.4 is 0 Å². The van der Waals surface area contributed by atoms with E-state index in [-0.39, 0.29) is 18.5 Å². The molecule has 1 saturated heterocycles. The van der Waals surface area contributed by atoms with Gasteiger partial charge in [-0.05, 0) is 18.1 Å². The maximum absolute atomic E-state index is 13.7. The first kappa shape index (κ1) is 17.2. The number of aliphatic hydroxyl groups excluding tert-OH is 1. The predicted octanol–water partition coefficient (Wildman–Crippen LogP) is 1.35. The van der Waals surface area contributed by atoms with E-state index in [0.717, 1.165) is 22.6 Å². The monoisotopic (exact) mass is 349 g/mol. The number of aliphatic hydroxyl groups is 1. The number of hydrogen-bond donors (Lipinski definition) is 1. The normalized spacial score (nSPS) is 18.9. The molecule has 132 valence electrons. The Balaban J connectivity index is 1.69. The first-order valence-electron chi connectivity index (χ1n) is 7.80. The molecular formula is C17H17F2N3O3. The fraction of sp³-hybridized carbons (Fsp3) is 0.353. The molecule has 2 amide bonds. The Morgan fingerprint density at radius 1 is 1.36 bits per heavy atom. The average Bonchev–Trinajstić information content (AvgIpc) is 3.06. The second-order valence-corrected chi connectivity index (χ2v) is 6.15. The number of aryl methyl sites for hydroxylation is 1. The Kier molecular flexibility index (Phi) is 4.63. The highest BCUT2D eigenvalue weighted by Gasteiger charge is 2.39. The third kappa shape index (κ3) is 3.58. The molecule has 3 rings (SSSR count). The third-order valence-electron chi connectivity index (χ3n) is 4.25. The first-order chi connectivity index (χ1) is 11.8. The summed E-state index contributed by atoms with van der Waals surface area (Å²) in [6.07, 6.45) is 2.39. The minimum atomic E-state index is -1.41. The molecule has 6 nitrogen and oxygen atoms in total. The molecule has 0 saturated carbocycles. The summed E-state index contributed by atoms with van der Waals surface area (Å²) in [7, 11) is 1.75. The number of carbonyl (C=O) groups excluding carboxylic acids is 2. The van der Waals surface area contributed by atoms with Gasteiger partial charge in [0.25, 0.3) is 0 Å². The lowest BCUT2D eigenvalue weighted by atomic mass is 10.0. The molecule has 1 aromatic heterocycles. The molecule has 1 N–H and O–H groups in total. The molecule has 0 bridgehead atoms. The van der Waals surface area contributed by atoms with Gasteiger partial charge in [0.05, 0.1) is 24.8 Å². The summed E-state index contributed by atoms with van der Waals surface area (Å²) in [4.78, 5) is 25.5. The zero-order valence-electron chi connectivity index (χ0n) is 13.5. The first-order valence-corrected chi connectivity index (χ1v) is 7.80. The van der Waals surface area contributed by atoms with Crippen molar-refractivity contribution in [2.24, 2.45) is 13.0 Å². The van der Waals surface area contributed by atoms with Gasteiger partial charge >= 0.3 is 0 Å². The Bertz CT molecular complexity index is 821. The smallest absolute Gasteiger partial charge is 0.233 e. The highest BCUT2D eigenvalue weighted by molar-refractivity contribution is 6.03. The number of amides is 2. The second kappa shape index (κ2) is 6.72. The molecule has 2 aromatic rings. The molecule has 0 aliphatic carbocycles. The lowest BCUT2D eigenvalue weighted by Crippen LogP contribution is -2.35. The summed E-state index contributed by atoms with van der Waals surface area (Å²) in [5.41, 5.74) is 0.679. The van der Waals surface area contributed by atoms with Crippen LogP contribution in [0.25, 0.3) is 0 Å². The number of likely N-dealkylation sites (tertiary alicyclic amines) is 1. The van der Waals surface area contributed by atoms with E-state index >= 15 is 0 Å². The van der Waals surface area contributed by atoms with Gasteiger partial charge in [0.2, 0.25) is 11.8 Å². The van der Waals surface area contributed by atoms with E-state index in [9.17, 15) is 23.5 Å². The van der Waals surface area contributed by atoms with Crippen molar-refractivity contribution in [1.82, 2.24) is 14.7 Å². The number of hydrogen-bond acceptors (Lipinski definition) is 4. The lowest BCUT2D eigenvalue weighted by Gasteiger charge is -2.19. The maximum Gasteiger partial charge on any atom is 0.233 e. The number of β-amino-alcohol motifs (C(OH)–C–C–N with tert-alkyl or cyclic N) is 1. The van der Waals surface area contributed by atoms with Crippen LogP contribution in [0.2, 0.25) is 0 Å². The number of aromatic nitrogens is 2. The average molecular weight is 349 g/mol. The van der Waals surface area contributed by atoms with E-state index in [2.05, 4.69) is 5.10 Å². The maximum atomic E-state index is 13.7. The Labute approximate surface area is 142 Å². The van der Waals surface area contributed by atoms with Gasteiger partial charge in [-0.3, -0.25) is 19.2 Å². The number of imide groups is 1. The van der Waals surface area contributed by atoms with Crippen LogP contribution in [0.3, 0.4) is 0 Å². The van der Waals surface area contributed by atoms with Crippen molar-refractivity contribution in [2.75, 3.05) is 6.54 Å². The topological polar surface area (TPSA) is 75.4 Å². The van der Waals surface area contributed by atoms with Gasteiger partial charge in [-0.15, -0.1) is 0 Å². The van der Waals surface area contributed by atoms with Crippen LogP contribution >= 0.6 is 0 Å². The number of halogens is 2. The van der Waals surface area contributed by atoms with E-state index < -0.39 is 35.5 Å².